The van der Waals surface area contributed by atoms with Crippen LogP contribution in [0, 0.1) is 35.5 Å². The van der Waals surface area contributed by atoms with E-state index in [4.69, 9.17) is 0 Å². The van der Waals surface area contributed by atoms with Crippen molar-refractivity contribution in [1.29, 1.82) is 0 Å². The topological polar surface area (TPSA) is 0 Å². The highest BCUT2D eigenvalue weighted by atomic mass is 14.2. The van der Waals surface area contributed by atoms with Crippen LogP contribution < -0.4 is 0 Å². The molecule has 26 heavy (non-hydrogen) atoms. The van der Waals surface area contributed by atoms with Crippen LogP contribution in [0.2, 0.25) is 0 Å². The minimum absolute atomic E-state index is 0.345. The van der Waals surface area contributed by atoms with Crippen molar-refractivity contribution in [2.75, 3.05) is 0 Å². The second-order valence-electron chi connectivity index (χ2n) is 6.77. The number of hydrogen-bond acceptors (Lipinski definition) is 0. The Morgan fingerprint density at radius 3 is 1.35 bits per heavy atom. The van der Waals surface area contributed by atoms with Crippen molar-refractivity contribution < 1.29 is 0 Å². The van der Waals surface area contributed by atoms with Crippen molar-refractivity contribution in [3.63, 3.8) is 0 Å². The van der Waals surface area contributed by atoms with E-state index in [2.05, 4.69) is 86.1 Å². The molecule has 0 bridgehead atoms. The van der Waals surface area contributed by atoms with Crippen LogP contribution in [0.25, 0.3) is 0 Å². The SMILES string of the molecule is CCCCC(C#Cc1ccccc1)C(C#Cc1ccccc1)CCCC. The van der Waals surface area contributed by atoms with E-state index in [1.165, 1.54) is 25.7 Å². The Morgan fingerprint density at radius 1 is 0.615 bits per heavy atom. The highest BCUT2D eigenvalue weighted by Crippen LogP contribution is 2.23. The summed E-state index contributed by atoms with van der Waals surface area (Å²) >= 11 is 0. The van der Waals surface area contributed by atoms with Crippen molar-refractivity contribution in [3.8, 4) is 23.7 Å². The molecule has 2 unspecified atom stereocenters. The van der Waals surface area contributed by atoms with E-state index in [0.29, 0.717) is 11.8 Å². The summed E-state index contributed by atoms with van der Waals surface area (Å²) in [6, 6.07) is 20.6. The van der Waals surface area contributed by atoms with Crippen LogP contribution in [0.4, 0.5) is 0 Å². The summed E-state index contributed by atoms with van der Waals surface area (Å²) in [4.78, 5) is 0. The van der Waals surface area contributed by atoms with Crippen LogP contribution in [0.15, 0.2) is 60.7 Å². The van der Waals surface area contributed by atoms with E-state index < -0.39 is 0 Å². The predicted molar refractivity (Wildman–Crippen MR) is 113 cm³/mol. The third-order valence-corrected chi connectivity index (χ3v) is 4.57. The maximum absolute atomic E-state index is 3.56. The fourth-order valence-corrected chi connectivity index (χ4v) is 2.99. The molecule has 0 aliphatic heterocycles. The fourth-order valence-electron chi connectivity index (χ4n) is 2.99. The first-order valence-corrected chi connectivity index (χ1v) is 9.96. The minimum Gasteiger partial charge on any atom is -0.0932 e. The first-order chi connectivity index (χ1) is 12.8. The molecule has 2 rings (SSSR count). The predicted octanol–water partition coefficient (Wildman–Crippen LogP) is 6.70. The van der Waals surface area contributed by atoms with Gasteiger partial charge in [-0.1, -0.05) is 99.6 Å². The molecule has 0 nitrogen and oxygen atoms in total. The normalized spacial score (nSPS) is 12.2. The molecule has 0 heterocycles. The highest BCUT2D eigenvalue weighted by Gasteiger charge is 2.17. The van der Waals surface area contributed by atoms with Crippen molar-refractivity contribution in [2.45, 2.75) is 52.4 Å². The zero-order chi connectivity index (χ0) is 18.5. The molecule has 0 heteroatoms. The Balaban J connectivity index is 2.23. The van der Waals surface area contributed by atoms with Gasteiger partial charge in [0.25, 0.3) is 0 Å². The van der Waals surface area contributed by atoms with Gasteiger partial charge in [-0.15, -0.1) is 0 Å². The van der Waals surface area contributed by atoms with Crippen LogP contribution in [0.5, 0.6) is 0 Å². The van der Waals surface area contributed by atoms with Gasteiger partial charge in [-0.3, -0.25) is 0 Å². The van der Waals surface area contributed by atoms with Crippen LogP contribution in [-0.2, 0) is 0 Å². The van der Waals surface area contributed by atoms with Gasteiger partial charge in [0.2, 0.25) is 0 Å². The zero-order valence-corrected chi connectivity index (χ0v) is 16.2. The van der Waals surface area contributed by atoms with Crippen molar-refractivity contribution >= 4 is 0 Å². The van der Waals surface area contributed by atoms with Crippen LogP contribution in [0.1, 0.15) is 63.5 Å². The summed E-state index contributed by atoms with van der Waals surface area (Å²) in [6.07, 6.45) is 7.10. The summed E-state index contributed by atoms with van der Waals surface area (Å²) in [7, 11) is 0. The van der Waals surface area contributed by atoms with E-state index in [1.54, 1.807) is 0 Å². The lowest BCUT2D eigenvalue weighted by atomic mass is 9.84. The molecule has 0 aliphatic carbocycles. The molecule has 134 valence electrons. The van der Waals surface area contributed by atoms with E-state index in [-0.39, 0.29) is 0 Å². The molecular weight excluding hydrogens is 312 g/mol. The summed E-state index contributed by atoms with van der Waals surface area (Å²) in [5.41, 5.74) is 2.19. The summed E-state index contributed by atoms with van der Waals surface area (Å²) in [5.74, 6) is 14.6. The Morgan fingerprint density at radius 2 is 1.00 bits per heavy atom. The number of benzene rings is 2. The van der Waals surface area contributed by atoms with E-state index in [9.17, 15) is 0 Å². The molecule has 0 amide bonds. The Kier molecular flexibility index (Phi) is 9.18. The molecular formula is C26H30. The van der Waals surface area contributed by atoms with Gasteiger partial charge in [0.1, 0.15) is 0 Å². The molecule has 0 fully saturated rings. The van der Waals surface area contributed by atoms with Crippen molar-refractivity contribution in [2.24, 2.45) is 11.8 Å². The monoisotopic (exact) mass is 342 g/mol. The molecule has 2 atom stereocenters. The molecule has 0 saturated carbocycles. The smallest absolute Gasteiger partial charge is 0.0344 e. The highest BCUT2D eigenvalue weighted by molar-refractivity contribution is 5.37. The Labute approximate surface area is 160 Å². The first kappa shape index (κ1) is 19.9. The maximum Gasteiger partial charge on any atom is 0.0344 e. The maximum atomic E-state index is 3.56. The molecule has 0 aromatic heterocycles. The number of unbranched alkanes of at least 4 members (excludes halogenated alkanes) is 2. The lowest BCUT2D eigenvalue weighted by Gasteiger charge is -2.18. The van der Waals surface area contributed by atoms with Gasteiger partial charge in [0.05, 0.1) is 0 Å². The lowest BCUT2D eigenvalue weighted by Crippen LogP contribution is -2.12. The quantitative estimate of drug-likeness (QED) is 0.491. The molecule has 0 N–H and O–H groups in total. The lowest BCUT2D eigenvalue weighted by molar-refractivity contribution is 0.421. The average Bonchev–Trinajstić information content (AvgIpc) is 2.70. The standard InChI is InChI=1S/C26H30/c1-3-5-17-25(21-19-23-13-9-7-10-14-23)26(18-6-4-2)22-20-24-15-11-8-12-16-24/h7-16,25-26H,3-6,17-18H2,1-2H3. The summed E-state index contributed by atoms with van der Waals surface area (Å²) < 4.78 is 0. The van der Waals surface area contributed by atoms with Gasteiger partial charge in [-0.2, -0.15) is 0 Å². The van der Waals surface area contributed by atoms with E-state index in [1.807, 2.05) is 12.1 Å². The Bertz CT molecular complexity index is 667. The fraction of sp³-hybridized carbons (Fsp3) is 0.385. The Hall–Kier alpha value is -2.44. The average molecular weight is 343 g/mol. The molecule has 0 radical (unpaired) electrons. The molecule has 0 saturated heterocycles. The van der Waals surface area contributed by atoms with Gasteiger partial charge in [0.15, 0.2) is 0 Å². The van der Waals surface area contributed by atoms with E-state index >= 15 is 0 Å². The number of hydrogen-bond donors (Lipinski definition) is 0. The van der Waals surface area contributed by atoms with Gasteiger partial charge in [-0.05, 0) is 37.1 Å². The third-order valence-electron chi connectivity index (χ3n) is 4.57. The van der Waals surface area contributed by atoms with Gasteiger partial charge in [0, 0.05) is 23.0 Å². The van der Waals surface area contributed by atoms with E-state index in [0.717, 1.165) is 24.0 Å². The summed E-state index contributed by atoms with van der Waals surface area (Å²) in [6.45, 7) is 4.50. The largest absolute Gasteiger partial charge is 0.0932 e. The molecule has 2 aromatic rings. The molecule has 2 aromatic carbocycles. The molecule has 0 aliphatic rings. The zero-order valence-electron chi connectivity index (χ0n) is 16.2. The first-order valence-electron chi connectivity index (χ1n) is 9.96. The van der Waals surface area contributed by atoms with Crippen molar-refractivity contribution in [1.82, 2.24) is 0 Å². The summed E-state index contributed by atoms with van der Waals surface area (Å²) in [5, 5.41) is 0. The minimum atomic E-state index is 0.345. The number of rotatable bonds is 7. The van der Waals surface area contributed by atoms with Crippen LogP contribution in [-0.4, -0.2) is 0 Å². The molecule has 0 spiro atoms. The van der Waals surface area contributed by atoms with Crippen LogP contribution >= 0.6 is 0 Å². The van der Waals surface area contributed by atoms with Gasteiger partial charge >= 0.3 is 0 Å². The second kappa shape index (κ2) is 12.0. The van der Waals surface area contributed by atoms with Crippen molar-refractivity contribution in [3.05, 3.63) is 71.8 Å². The second-order valence-corrected chi connectivity index (χ2v) is 6.77. The van der Waals surface area contributed by atoms with Gasteiger partial charge < -0.3 is 0 Å². The van der Waals surface area contributed by atoms with Crippen LogP contribution in [0.3, 0.4) is 0 Å². The third kappa shape index (κ3) is 7.21. The van der Waals surface area contributed by atoms with Gasteiger partial charge in [-0.25, -0.2) is 0 Å².